The Morgan fingerprint density at radius 2 is 1.35 bits per heavy atom. The van der Waals surface area contributed by atoms with E-state index in [1.165, 1.54) is 69.5 Å². The van der Waals surface area contributed by atoms with Crippen molar-refractivity contribution in [2.75, 3.05) is 14.2 Å². The Bertz CT molecular complexity index is 485. The average Bonchev–Trinajstić information content (AvgIpc) is 2.71. The summed E-state index contributed by atoms with van der Waals surface area (Å²) >= 11 is 2.22. The predicted molar refractivity (Wildman–Crippen MR) is 112 cm³/mol. The molecular weight excluding hydrogens is 457 g/mol. The van der Waals surface area contributed by atoms with Gasteiger partial charge in [0.1, 0.15) is 11.5 Å². The van der Waals surface area contributed by atoms with E-state index in [-0.39, 0.29) is 15.3 Å². The molecule has 0 N–H and O–H groups in total. The fourth-order valence-corrected chi connectivity index (χ4v) is 8.29. The first-order valence-electron chi connectivity index (χ1n) is 9.46. The molecule has 0 saturated heterocycles. The van der Waals surface area contributed by atoms with E-state index in [4.69, 9.17) is 9.47 Å². The van der Waals surface area contributed by atoms with E-state index in [0.717, 1.165) is 22.8 Å². The molecule has 1 aromatic carbocycles. The predicted octanol–water partition coefficient (Wildman–Crippen LogP) is 6.61. The van der Waals surface area contributed by atoms with Crippen molar-refractivity contribution in [2.45, 2.75) is 75.5 Å². The molecule has 0 aliphatic heterocycles. The van der Waals surface area contributed by atoms with E-state index in [0.29, 0.717) is 0 Å². The quantitative estimate of drug-likeness (QED) is 0.262. The minimum atomic E-state index is -0.117. The molecule has 2 aliphatic rings. The average molecular weight is 491 g/mol. The summed E-state index contributed by atoms with van der Waals surface area (Å²) in [5.41, 5.74) is 1.81. The second-order valence-corrected chi connectivity index (χ2v) is 9.79. The van der Waals surface area contributed by atoms with Crippen molar-refractivity contribution < 1.29 is 27.7 Å². The van der Waals surface area contributed by atoms with E-state index >= 15 is 0 Å². The van der Waals surface area contributed by atoms with Crippen LogP contribution < -0.4 is 14.8 Å². The maximum atomic E-state index is 5.79. The van der Waals surface area contributed by atoms with Gasteiger partial charge in [0.25, 0.3) is 0 Å². The number of ether oxygens (including phenoxy) is 2. The summed E-state index contributed by atoms with van der Waals surface area (Å²) in [5, 5.41) is 1.50. The third-order valence-electron chi connectivity index (χ3n) is 5.60. The fraction of sp³-hybridized carbons (Fsp3) is 0.667. The van der Waals surface area contributed by atoms with Crippen molar-refractivity contribution in [3.8, 4) is 11.5 Å². The third-order valence-corrected chi connectivity index (χ3v) is 9.13. The molecule has 0 bridgehead atoms. The van der Waals surface area contributed by atoms with Gasteiger partial charge in [-0.2, -0.15) is 0 Å². The molecular formula is C21H34ClO2PPd. The second kappa shape index (κ2) is 13.4. The molecule has 26 heavy (non-hydrogen) atoms. The summed E-state index contributed by atoms with van der Waals surface area (Å²) in [4.78, 5) is 0. The minimum absolute atomic E-state index is 0. The fourth-order valence-electron chi connectivity index (χ4n) is 4.41. The molecule has 2 saturated carbocycles. The zero-order valence-electron chi connectivity index (χ0n) is 16.4. The first kappa shape index (κ1) is 24.2. The Hall–Kier alpha value is 0.202. The van der Waals surface area contributed by atoms with Crippen LogP contribution >= 0.6 is 17.5 Å². The molecule has 2 aliphatic carbocycles. The first-order chi connectivity index (χ1) is 12.3. The molecule has 152 valence electrons. The molecule has 2 fully saturated rings. The number of methoxy groups -OCH3 is 2. The Balaban J connectivity index is 0.00000109. The van der Waals surface area contributed by atoms with E-state index in [1.54, 1.807) is 7.11 Å². The van der Waals surface area contributed by atoms with Crippen LogP contribution in [0.1, 0.15) is 64.2 Å². The van der Waals surface area contributed by atoms with Crippen LogP contribution in [0, 0.1) is 7.43 Å². The number of hydrogen-bond donors (Lipinski definition) is 0. The van der Waals surface area contributed by atoms with Gasteiger partial charge in [-0.1, -0.05) is 46.4 Å². The summed E-state index contributed by atoms with van der Waals surface area (Å²) in [5.74, 6) is 1.97. The monoisotopic (exact) mass is 490 g/mol. The van der Waals surface area contributed by atoms with Gasteiger partial charge in [-0.05, 0) is 49.1 Å². The first-order valence-corrected chi connectivity index (χ1v) is 12.9. The van der Waals surface area contributed by atoms with Crippen LogP contribution in [0.2, 0.25) is 0 Å². The van der Waals surface area contributed by atoms with Crippen LogP contribution in [0.25, 0.3) is 0 Å². The Labute approximate surface area is 176 Å². The number of rotatable bonds is 5. The van der Waals surface area contributed by atoms with Crippen molar-refractivity contribution in [1.29, 1.82) is 0 Å². The van der Waals surface area contributed by atoms with Crippen LogP contribution in [0.3, 0.4) is 0 Å². The molecule has 0 spiro atoms. The maximum absolute atomic E-state index is 5.79. The Morgan fingerprint density at radius 1 is 0.846 bits per heavy atom. The van der Waals surface area contributed by atoms with Crippen molar-refractivity contribution in [3.63, 3.8) is 0 Å². The molecule has 1 aromatic rings. The molecule has 2 nitrogen and oxygen atoms in total. The van der Waals surface area contributed by atoms with Crippen molar-refractivity contribution in [2.24, 2.45) is 0 Å². The van der Waals surface area contributed by atoms with Crippen molar-refractivity contribution in [1.82, 2.24) is 0 Å². The van der Waals surface area contributed by atoms with Gasteiger partial charge in [0.2, 0.25) is 0 Å². The Kier molecular flexibility index (Phi) is 12.5. The van der Waals surface area contributed by atoms with Gasteiger partial charge in [0.15, 0.2) is 0 Å². The summed E-state index contributed by atoms with van der Waals surface area (Å²) in [7, 11) is 7.92. The van der Waals surface area contributed by atoms with Crippen LogP contribution in [0.4, 0.5) is 0 Å². The zero-order chi connectivity index (χ0) is 18.1. The number of hydrogen-bond acceptors (Lipinski definition) is 2. The van der Waals surface area contributed by atoms with Crippen LogP contribution in [0.5, 0.6) is 11.5 Å². The molecule has 0 heterocycles. The van der Waals surface area contributed by atoms with Gasteiger partial charge in [-0.25, -0.2) is 0 Å². The van der Waals surface area contributed by atoms with Crippen molar-refractivity contribution in [3.05, 3.63) is 25.6 Å². The van der Waals surface area contributed by atoms with Gasteiger partial charge in [-0.15, -0.1) is 0 Å². The molecule has 0 amide bonds. The Morgan fingerprint density at radius 3 is 1.77 bits per heavy atom. The second-order valence-electron chi connectivity index (χ2n) is 7.03. The van der Waals surface area contributed by atoms with Gasteiger partial charge < -0.3 is 16.9 Å². The summed E-state index contributed by atoms with van der Waals surface area (Å²) < 4.78 is 11.2. The van der Waals surface area contributed by atoms with Gasteiger partial charge in [0, 0.05) is 11.4 Å². The molecule has 0 atom stereocenters. The summed E-state index contributed by atoms with van der Waals surface area (Å²) in [6.07, 6.45) is 14.3. The summed E-state index contributed by atoms with van der Waals surface area (Å²) in [6.45, 7) is 0. The van der Waals surface area contributed by atoms with E-state index in [9.17, 15) is 0 Å². The van der Waals surface area contributed by atoms with Crippen LogP contribution in [-0.2, 0) is 18.2 Å². The topological polar surface area (TPSA) is 18.5 Å². The molecule has 3 rings (SSSR count). The standard InChI is InChI=1S/C20H31O2P.CH3.ClH.Pd/c1-21-16-13-14-20(19(15-16)22-2)23(17-9-5-3-6-10-17)18-11-7-4-8-12-18;;;/h13-15,17-18H,3-12H2,1-2H3;1H3;1H;/q;-1;;+2/p-1. The van der Waals surface area contributed by atoms with Crippen molar-refractivity contribution >= 4 is 22.8 Å². The van der Waals surface area contributed by atoms with E-state index in [1.807, 2.05) is 7.11 Å². The SMILES string of the molecule is COc1ccc(P(C2CCCCC2)C2CCCCC2)c(OC)c1.[CH3-].[Cl][Pd+]. The van der Waals surface area contributed by atoms with Crippen LogP contribution in [-0.4, -0.2) is 25.5 Å². The van der Waals surface area contributed by atoms with Gasteiger partial charge in [0.05, 0.1) is 14.2 Å². The van der Waals surface area contributed by atoms with E-state index < -0.39 is 0 Å². The van der Waals surface area contributed by atoms with Gasteiger partial charge in [-0.3, -0.25) is 0 Å². The molecule has 0 unspecified atom stereocenters. The third kappa shape index (κ3) is 6.38. The van der Waals surface area contributed by atoms with Crippen LogP contribution in [0.15, 0.2) is 18.2 Å². The zero-order valence-corrected chi connectivity index (χ0v) is 19.6. The molecule has 5 heteroatoms. The normalized spacial score (nSPS) is 18.5. The summed E-state index contributed by atoms with van der Waals surface area (Å²) in [6, 6.07) is 6.54. The van der Waals surface area contributed by atoms with E-state index in [2.05, 4.69) is 45.9 Å². The number of halogens is 1. The molecule has 0 aromatic heterocycles. The van der Waals surface area contributed by atoms with Gasteiger partial charge >= 0.3 is 27.7 Å². The molecule has 0 radical (unpaired) electrons. The number of benzene rings is 1.